The fourth-order valence-electron chi connectivity index (χ4n) is 2.28. The van der Waals surface area contributed by atoms with Gasteiger partial charge in [-0.25, -0.2) is 0 Å². The minimum absolute atomic E-state index is 0.0781. The number of rotatable bonds is 13. The smallest absolute Gasteiger partial charge is 0.264 e. The van der Waals surface area contributed by atoms with Crippen LogP contribution in [0.25, 0.3) is 20.9 Å². The molecule has 0 aliphatic rings. The molecule has 1 aromatic carbocycles. The molecule has 160 valence electrons. The minimum atomic E-state index is -4.05. The van der Waals surface area contributed by atoms with Crippen LogP contribution in [0.1, 0.15) is 5.56 Å². The van der Waals surface area contributed by atoms with Crippen LogP contribution in [-0.4, -0.2) is 60.7 Å². The maximum Gasteiger partial charge on any atom is 0.264 e. The van der Waals surface area contributed by atoms with Crippen molar-refractivity contribution < 1.29 is 29.9 Å². The van der Waals surface area contributed by atoms with Crippen molar-refractivity contribution in [2.45, 2.75) is 24.9 Å². The summed E-state index contributed by atoms with van der Waals surface area (Å²) in [6.07, 6.45) is -2.72. The molecule has 0 amide bonds. The van der Waals surface area contributed by atoms with E-state index in [1.54, 1.807) is 30.3 Å². The highest BCUT2D eigenvalue weighted by Crippen LogP contribution is 2.19. The summed E-state index contributed by atoms with van der Waals surface area (Å²) in [7, 11) is -8.10. The third-order valence-electron chi connectivity index (χ3n) is 3.26. The average Bonchev–Trinajstić information content (AvgIpc) is 2.62. The highest BCUT2D eigenvalue weighted by molar-refractivity contribution is 7.86. The molecule has 0 aliphatic heterocycles. The zero-order chi connectivity index (χ0) is 21.9. The molecular weight excluding hydrogens is 428 g/mol. The first-order chi connectivity index (χ1) is 13.6. The van der Waals surface area contributed by atoms with Gasteiger partial charge in [0.15, 0.2) is 0 Å². The summed E-state index contributed by atoms with van der Waals surface area (Å²) >= 11 is 0. The fourth-order valence-corrected chi connectivity index (χ4v) is 3.52. The molecule has 15 heteroatoms. The van der Waals surface area contributed by atoms with E-state index in [4.69, 9.17) is 24.2 Å². The molecule has 0 radical (unpaired) electrons. The molecular formula is C14H20N6O7S2. The molecule has 0 saturated carbocycles. The molecule has 0 spiro atoms. The normalized spacial score (nSPS) is 14.8. The molecule has 2 atom stereocenters. The van der Waals surface area contributed by atoms with Crippen LogP contribution in [0.15, 0.2) is 40.6 Å². The Morgan fingerprint density at radius 3 is 1.72 bits per heavy atom. The van der Waals surface area contributed by atoms with Gasteiger partial charge in [0.05, 0.1) is 32.2 Å². The van der Waals surface area contributed by atoms with E-state index in [1.807, 2.05) is 0 Å². The van der Waals surface area contributed by atoms with E-state index in [0.29, 0.717) is 5.56 Å². The standard InChI is InChI=1S/C14H20N6O7S2/c1-28(21,22)26-12(8-17-19-15)14(25-10-11-6-4-3-5-7-11)13(9-18-20-16)27-29(2,23)24/h3-7,12-14H,8-10H2,1-2H3/t12-,13-/m0/s1. The highest BCUT2D eigenvalue weighted by Gasteiger charge is 2.36. The van der Waals surface area contributed by atoms with Crippen molar-refractivity contribution in [3.63, 3.8) is 0 Å². The first-order valence-electron chi connectivity index (χ1n) is 7.99. The van der Waals surface area contributed by atoms with E-state index >= 15 is 0 Å². The minimum Gasteiger partial charge on any atom is -0.368 e. The van der Waals surface area contributed by atoms with Crippen molar-refractivity contribution in [2.75, 3.05) is 25.6 Å². The Balaban J connectivity index is 3.31. The second-order valence-corrected chi connectivity index (χ2v) is 8.97. The zero-order valence-electron chi connectivity index (χ0n) is 15.6. The summed E-state index contributed by atoms with van der Waals surface area (Å²) in [4.78, 5) is 5.11. The van der Waals surface area contributed by atoms with Crippen LogP contribution in [0.5, 0.6) is 0 Å². The molecule has 0 aliphatic carbocycles. The molecule has 29 heavy (non-hydrogen) atoms. The molecule has 0 unspecified atom stereocenters. The summed E-state index contributed by atoms with van der Waals surface area (Å²) < 4.78 is 62.2. The van der Waals surface area contributed by atoms with Crippen molar-refractivity contribution in [3.8, 4) is 0 Å². The highest BCUT2D eigenvalue weighted by atomic mass is 32.2. The number of nitrogens with zero attached hydrogens (tertiary/aromatic N) is 6. The van der Waals surface area contributed by atoms with Gasteiger partial charge in [0.2, 0.25) is 0 Å². The number of ether oxygens (including phenoxy) is 1. The van der Waals surface area contributed by atoms with Gasteiger partial charge in [0.1, 0.15) is 18.3 Å². The largest absolute Gasteiger partial charge is 0.368 e. The zero-order valence-corrected chi connectivity index (χ0v) is 17.2. The van der Waals surface area contributed by atoms with Gasteiger partial charge in [-0.2, -0.15) is 16.8 Å². The van der Waals surface area contributed by atoms with Crippen LogP contribution in [0.4, 0.5) is 0 Å². The Hall–Kier alpha value is -2.38. The van der Waals surface area contributed by atoms with Gasteiger partial charge in [-0.05, 0) is 16.6 Å². The van der Waals surface area contributed by atoms with Crippen LogP contribution in [0.2, 0.25) is 0 Å². The maximum absolute atomic E-state index is 11.7. The topological polar surface area (TPSA) is 193 Å². The fraction of sp³-hybridized carbons (Fsp3) is 0.571. The van der Waals surface area contributed by atoms with E-state index in [-0.39, 0.29) is 6.61 Å². The molecule has 0 aromatic heterocycles. The molecule has 0 N–H and O–H groups in total. The quantitative estimate of drug-likeness (QED) is 0.190. The monoisotopic (exact) mass is 448 g/mol. The Labute approximate surface area is 168 Å². The first kappa shape index (κ1) is 24.7. The number of hydrogen-bond acceptors (Lipinski definition) is 9. The lowest BCUT2D eigenvalue weighted by atomic mass is 10.1. The van der Waals surface area contributed by atoms with Gasteiger partial charge in [-0.15, -0.1) is 0 Å². The summed E-state index contributed by atoms with van der Waals surface area (Å²) in [6.45, 7) is -1.10. The number of azide groups is 2. The van der Waals surface area contributed by atoms with E-state index in [2.05, 4.69) is 20.1 Å². The van der Waals surface area contributed by atoms with Gasteiger partial charge < -0.3 is 4.74 Å². The summed E-state index contributed by atoms with van der Waals surface area (Å²) in [5, 5.41) is 6.59. The Kier molecular flexibility index (Phi) is 9.85. The van der Waals surface area contributed by atoms with E-state index < -0.39 is 51.6 Å². The Morgan fingerprint density at radius 2 is 1.34 bits per heavy atom. The molecule has 0 fully saturated rings. The summed E-state index contributed by atoms with van der Waals surface area (Å²) in [5.74, 6) is 0. The van der Waals surface area contributed by atoms with E-state index in [0.717, 1.165) is 12.5 Å². The molecule has 0 heterocycles. The van der Waals surface area contributed by atoms with Gasteiger partial charge in [-0.3, -0.25) is 8.37 Å². The first-order valence-corrected chi connectivity index (χ1v) is 11.6. The Bertz CT molecular complexity index is 899. The van der Waals surface area contributed by atoms with Gasteiger partial charge in [0.25, 0.3) is 20.2 Å². The second-order valence-electron chi connectivity index (χ2n) is 5.77. The maximum atomic E-state index is 11.7. The Morgan fingerprint density at radius 1 is 0.897 bits per heavy atom. The SMILES string of the molecule is CS(=O)(=O)O[C@@H](CN=[N+]=[N-])C(OCc1ccccc1)[C@H](CN=[N+]=[N-])OS(C)(=O)=O. The van der Waals surface area contributed by atoms with Crippen LogP contribution in [0, 0.1) is 0 Å². The predicted molar refractivity (Wildman–Crippen MR) is 102 cm³/mol. The number of hydrogen-bond donors (Lipinski definition) is 0. The van der Waals surface area contributed by atoms with Crippen LogP contribution in [-0.2, 0) is 39.9 Å². The van der Waals surface area contributed by atoms with Gasteiger partial charge >= 0.3 is 0 Å². The second kappa shape index (κ2) is 11.6. The lowest BCUT2D eigenvalue weighted by molar-refractivity contribution is -0.0811. The molecule has 0 bridgehead atoms. The number of benzene rings is 1. The third-order valence-corrected chi connectivity index (χ3v) is 4.46. The van der Waals surface area contributed by atoms with Crippen molar-refractivity contribution >= 4 is 20.2 Å². The third kappa shape index (κ3) is 10.7. The van der Waals surface area contributed by atoms with Crippen LogP contribution in [0.3, 0.4) is 0 Å². The summed E-state index contributed by atoms with van der Waals surface area (Å²) in [5.41, 5.74) is 17.9. The molecule has 1 aromatic rings. The van der Waals surface area contributed by atoms with Gasteiger partial charge in [-0.1, -0.05) is 40.6 Å². The molecule has 0 saturated heterocycles. The predicted octanol–water partition coefficient (Wildman–Crippen LogP) is 1.88. The van der Waals surface area contributed by atoms with Crippen molar-refractivity contribution in [1.29, 1.82) is 0 Å². The van der Waals surface area contributed by atoms with Gasteiger partial charge in [0, 0.05) is 9.82 Å². The molecule has 13 nitrogen and oxygen atoms in total. The molecule has 1 rings (SSSR count). The average molecular weight is 448 g/mol. The van der Waals surface area contributed by atoms with Crippen LogP contribution < -0.4 is 0 Å². The van der Waals surface area contributed by atoms with E-state index in [1.165, 1.54) is 0 Å². The van der Waals surface area contributed by atoms with Crippen LogP contribution >= 0.6 is 0 Å². The summed E-state index contributed by atoms with van der Waals surface area (Å²) in [6, 6.07) is 8.69. The van der Waals surface area contributed by atoms with Crippen molar-refractivity contribution in [1.82, 2.24) is 0 Å². The lowest BCUT2D eigenvalue weighted by Gasteiger charge is -2.30. The van der Waals surface area contributed by atoms with Crippen molar-refractivity contribution in [3.05, 3.63) is 56.8 Å². The van der Waals surface area contributed by atoms with Crippen molar-refractivity contribution in [2.24, 2.45) is 10.2 Å². The lowest BCUT2D eigenvalue weighted by Crippen LogP contribution is -2.47. The van der Waals surface area contributed by atoms with E-state index in [9.17, 15) is 16.8 Å².